The first-order chi connectivity index (χ1) is 13.0. The summed E-state index contributed by atoms with van der Waals surface area (Å²) < 4.78 is 29.4. The van der Waals surface area contributed by atoms with Crippen molar-refractivity contribution in [1.29, 1.82) is 0 Å². The Bertz CT molecular complexity index is 777. The molecule has 0 aromatic heterocycles. The second-order valence-corrected chi connectivity index (χ2v) is 6.62. The molecule has 3 rings (SSSR count). The predicted molar refractivity (Wildman–Crippen MR) is 101 cm³/mol. The number of halogens is 2. The summed E-state index contributed by atoms with van der Waals surface area (Å²) in [6.07, 6.45) is 0. The monoisotopic (exact) mass is 376 g/mol. The minimum atomic E-state index is -2.93. The molecule has 0 radical (unpaired) electrons. The topological polar surface area (TPSA) is 46.0 Å². The van der Waals surface area contributed by atoms with E-state index in [1.165, 1.54) is 22.2 Å². The third-order valence-corrected chi connectivity index (χ3v) is 4.71. The van der Waals surface area contributed by atoms with E-state index in [-0.39, 0.29) is 17.3 Å². The molecular formula is C20H24F2N3O2+. The first kappa shape index (κ1) is 19.1. The van der Waals surface area contributed by atoms with Gasteiger partial charge in [-0.2, -0.15) is 8.78 Å². The SMILES string of the molecule is Cc1ccccc1N1CC[NH+](CC(=O)Nc2ccccc2OC(F)F)CC1. The molecule has 7 heteroatoms. The second kappa shape index (κ2) is 8.81. The number of hydrogen-bond acceptors (Lipinski definition) is 3. The number of hydrogen-bond donors (Lipinski definition) is 2. The number of quaternary nitrogens is 1. The Kier molecular flexibility index (Phi) is 6.24. The van der Waals surface area contributed by atoms with Crippen LogP contribution in [0.1, 0.15) is 5.56 Å². The van der Waals surface area contributed by atoms with Gasteiger partial charge in [0.05, 0.1) is 31.9 Å². The number of para-hydroxylation sites is 3. The zero-order valence-corrected chi connectivity index (χ0v) is 15.3. The van der Waals surface area contributed by atoms with Gasteiger partial charge in [-0.1, -0.05) is 30.3 Å². The Balaban J connectivity index is 1.52. The van der Waals surface area contributed by atoms with E-state index >= 15 is 0 Å². The Hall–Kier alpha value is -2.67. The maximum absolute atomic E-state index is 12.5. The summed E-state index contributed by atoms with van der Waals surface area (Å²) in [5.41, 5.74) is 2.74. The summed E-state index contributed by atoms with van der Waals surface area (Å²) in [5, 5.41) is 2.68. The summed E-state index contributed by atoms with van der Waals surface area (Å²) in [4.78, 5) is 15.8. The molecule has 2 aromatic carbocycles. The summed E-state index contributed by atoms with van der Waals surface area (Å²) in [6.45, 7) is 2.90. The molecule has 0 spiro atoms. The Morgan fingerprint density at radius 1 is 1.15 bits per heavy atom. The molecule has 144 valence electrons. The molecule has 1 heterocycles. The van der Waals surface area contributed by atoms with Gasteiger partial charge in [0.15, 0.2) is 6.54 Å². The van der Waals surface area contributed by atoms with E-state index in [0.29, 0.717) is 6.54 Å². The highest BCUT2D eigenvalue weighted by molar-refractivity contribution is 5.92. The van der Waals surface area contributed by atoms with Crippen molar-refractivity contribution in [1.82, 2.24) is 0 Å². The number of carbonyl (C=O) groups excluding carboxylic acids is 1. The highest BCUT2D eigenvalue weighted by Gasteiger charge is 2.23. The number of ether oxygens (including phenoxy) is 1. The number of amides is 1. The van der Waals surface area contributed by atoms with Crippen molar-refractivity contribution in [3.05, 3.63) is 54.1 Å². The number of benzene rings is 2. The number of piperazine rings is 1. The van der Waals surface area contributed by atoms with Crippen LogP contribution in [0.2, 0.25) is 0 Å². The molecule has 1 amide bonds. The average Bonchev–Trinajstić information content (AvgIpc) is 2.64. The van der Waals surface area contributed by atoms with Gasteiger partial charge in [-0.05, 0) is 30.7 Å². The zero-order chi connectivity index (χ0) is 19.2. The molecule has 1 aliphatic rings. The highest BCUT2D eigenvalue weighted by atomic mass is 19.3. The summed E-state index contributed by atoms with van der Waals surface area (Å²) in [7, 11) is 0. The van der Waals surface area contributed by atoms with E-state index in [4.69, 9.17) is 0 Å². The van der Waals surface area contributed by atoms with Crippen LogP contribution in [-0.2, 0) is 4.79 Å². The number of rotatable bonds is 6. The number of nitrogens with one attached hydrogen (secondary N) is 2. The molecule has 0 saturated carbocycles. The summed E-state index contributed by atoms with van der Waals surface area (Å²) in [5.74, 6) is -0.236. The van der Waals surface area contributed by atoms with Crippen LogP contribution in [0.25, 0.3) is 0 Å². The molecular weight excluding hydrogens is 352 g/mol. The lowest BCUT2D eigenvalue weighted by molar-refractivity contribution is -0.892. The molecule has 1 aliphatic heterocycles. The van der Waals surface area contributed by atoms with E-state index in [0.717, 1.165) is 26.2 Å². The molecule has 0 aliphatic carbocycles. The van der Waals surface area contributed by atoms with Crippen LogP contribution in [0.15, 0.2) is 48.5 Å². The largest absolute Gasteiger partial charge is 0.433 e. The summed E-state index contributed by atoms with van der Waals surface area (Å²) >= 11 is 0. The van der Waals surface area contributed by atoms with Crippen molar-refractivity contribution >= 4 is 17.3 Å². The van der Waals surface area contributed by atoms with Crippen molar-refractivity contribution in [2.24, 2.45) is 0 Å². The van der Waals surface area contributed by atoms with Gasteiger partial charge in [-0.3, -0.25) is 4.79 Å². The van der Waals surface area contributed by atoms with Gasteiger partial charge in [-0.15, -0.1) is 0 Å². The third kappa shape index (κ3) is 5.17. The number of alkyl halides is 2. The van der Waals surface area contributed by atoms with E-state index in [9.17, 15) is 13.6 Å². The number of anilines is 2. The molecule has 1 saturated heterocycles. The maximum Gasteiger partial charge on any atom is 0.387 e. The quantitative estimate of drug-likeness (QED) is 0.810. The van der Waals surface area contributed by atoms with E-state index in [1.807, 2.05) is 12.1 Å². The number of nitrogens with zero attached hydrogens (tertiary/aromatic N) is 1. The van der Waals surface area contributed by atoms with Crippen molar-refractivity contribution in [2.45, 2.75) is 13.5 Å². The fourth-order valence-electron chi connectivity index (χ4n) is 3.35. The van der Waals surface area contributed by atoms with Crippen LogP contribution < -0.4 is 19.9 Å². The minimum absolute atomic E-state index is 0.0276. The minimum Gasteiger partial charge on any atom is -0.433 e. The van der Waals surface area contributed by atoms with Crippen LogP contribution >= 0.6 is 0 Å². The molecule has 1 fully saturated rings. The van der Waals surface area contributed by atoms with Gasteiger partial charge in [0.25, 0.3) is 5.91 Å². The zero-order valence-electron chi connectivity index (χ0n) is 15.3. The van der Waals surface area contributed by atoms with Crippen molar-refractivity contribution in [2.75, 3.05) is 42.9 Å². The van der Waals surface area contributed by atoms with Gasteiger partial charge >= 0.3 is 6.61 Å². The molecule has 0 bridgehead atoms. The van der Waals surface area contributed by atoms with E-state index < -0.39 is 6.61 Å². The molecule has 2 N–H and O–H groups in total. The fraction of sp³-hybridized carbons (Fsp3) is 0.350. The standard InChI is InChI=1S/C20H23F2N3O2/c1-15-6-2-4-8-17(15)25-12-10-24(11-13-25)14-19(26)23-16-7-3-5-9-18(16)27-20(21)22/h2-9,20H,10-14H2,1H3,(H,23,26)/p+1. The highest BCUT2D eigenvalue weighted by Crippen LogP contribution is 2.25. The van der Waals surface area contributed by atoms with Crippen LogP contribution in [0.4, 0.5) is 20.2 Å². The maximum atomic E-state index is 12.5. The Morgan fingerprint density at radius 2 is 1.81 bits per heavy atom. The lowest BCUT2D eigenvalue weighted by Gasteiger charge is -2.34. The summed E-state index contributed by atoms with van der Waals surface area (Å²) in [6, 6.07) is 14.5. The van der Waals surface area contributed by atoms with Crippen molar-refractivity contribution in [3.63, 3.8) is 0 Å². The van der Waals surface area contributed by atoms with Crippen LogP contribution in [-0.4, -0.2) is 45.2 Å². The Morgan fingerprint density at radius 3 is 2.52 bits per heavy atom. The lowest BCUT2D eigenvalue weighted by atomic mass is 10.1. The number of aryl methyl sites for hydroxylation is 1. The van der Waals surface area contributed by atoms with Crippen molar-refractivity contribution in [3.8, 4) is 5.75 Å². The number of carbonyl (C=O) groups is 1. The lowest BCUT2D eigenvalue weighted by Crippen LogP contribution is -3.15. The first-order valence-electron chi connectivity index (χ1n) is 9.01. The third-order valence-electron chi connectivity index (χ3n) is 4.71. The second-order valence-electron chi connectivity index (χ2n) is 6.62. The normalized spacial score (nSPS) is 15.0. The van der Waals surface area contributed by atoms with Gasteiger partial charge in [0.1, 0.15) is 5.75 Å². The van der Waals surface area contributed by atoms with Gasteiger partial charge < -0.3 is 19.9 Å². The first-order valence-corrected chi connectivity index (χ1v) is 9.01. The van der Waals surface area contributed by atoms with E-state index in [1.54, 1.807) is 18.2 Å². The average molecular weight is 376 g/mol. The molecule has 27 heavy (non-hydrogen) atoms. The molecule has 0 unspecified atom stereocenters. The van der Waals surface area contributed by atoms with Crippen LogP contribution in [0.5, 0.6) is 5.75 Å². The fourth-order valence-corrected chi connectivity index (χ4v) is 3.35. The Labute approximate surface area is 157 Å². The van der Waals surface area contributed by atoms with Gasteiger partial charge in [-0.25, -0.2) is 0 Å². The molecule has 5 nitrogen and oxygen atoms in total. The van der Waals surface area contributed by atoms with Crippen LogP contribution in [0, 0.1) is 6.92 Å². The smallest absolute Gasteiger partial charge is 0.387 e. The molecule has 0 atom stereocenters. The van der Waals surface area contributed by atoms with Crippen LogP contribution in [0.3, 0.4) is 0 Å². The van der Waals surface area contributed by atoms with Gasteiger partial charge in [0.2, 0.25) is 0 Å². The van der Waals surface area contributed by atoms with Gasteiger partial charge in [0, 0.05) is 5.69 Å². The molecule has 2 aromatic rings. The van der Waals surface area contributed by atoms with E-state index in [2.05, 4.69) is 34.0 Å². The predicted octanol–water partition coefficient (Wildman–Crippen LogP) is 1.94. The van der Waals surface area contributed by atoms with Crippen molar-refractivity contribution < 1.29 is 23.2 Å².